The molecule has 0 spiro atoms. The van der Waals surface area contributed by atoms with Gasteiger partial charge in [-0.05, 0) is 23.5 Å². The highest BCUT2D eigenvalue weighted by Gasteiger charge is 2.29. The van der Waals surface area contributed by atoms with Crippen LogP contribution >= 0.6 is 0 Å². The third-order valence-electron chi connectivity index (χ3n) is 4.55. The highest BCUT2D eigenvalue weighted by atomic mass is 19.1. The van der Waals surface area contributed by atoms with Gasteiger partial charge in [0, 0.05) is 0 Å². The number of nitrogens with one attached hydrogen (secondary N) is 2. The third-order valence-corrected chi connectivity index (χ3v) is 4.55. The Bertz CT molecular complexity index is 828. The van der Waals surface area contributed by atoms with Crippen molar-refractivity contribution in [1.82, 2.24) is 10.6 Å². The van der Waals surface area contributed by atoms with Crippen LogP contribution in [0, 0.1) is 5.92 Å². The Balaban J connectivity index is 1.99. The average molecular weight is 414 g/mol. The van der Waals surface area contributed by atoms with Crippen LogP contribution in [0.4, 0.5) is 9.18 Å². The molecule has 0 radical (unpaired) electrons. The number of Topliss-reactive ketones (excluding diaryl/α,β-unsaturated/α-hetero) is 1. The van der Waals surface area contributed by atoms with Gasteiger partial charge in [0.1, 0.15) is 19.3 Å². The van der Waals surface area contributed by atoms with E-state index in [1.165, 1.54) is 0 Å². The number of hydrogen-bond acceptors (Lipinski definition) is 4. The van der Waals surface area contributed by atoms with Gasteiger partial charge >= 0.3 is 6.09 Å². The van der Waals surface area contributed by atoms with Gasteiger partial charge in [-0.2, -0.15) is 0 Å². The quantitative estimate of drug-likeness (QED) is 0.625. The van der Waals surface area contributed by atoms with E-state index in [-0.39, 0.29) is 18.9 Å². The Morgan fingerprint density at radius 1 is 0.900 bits per heavy atom. The van der Waals surface area contributed by atoms with Crippen LogP contribution in [-0.2, 0) is 27.4 Å². The molecule has 0 fully saturated rings. The van der Waals surface area contributed by atoms with Gasteiger partial charge in [0.25, 0.3) is 0 Å². The molecular weight excluding hydrogens is 387 g/mol. The SMILES string of the molecule is CC(C)[C@H](NC(=O)OCc1ccccc1)C(=O)NC(Cc1ccccc1)C(=O)CF. The second-order valence-electron chi connectivity index (χ2n) is 7.28. The zero-order chi connectivity index (χ0) is 21.9. The molecule has 2 amide bonds. The summed E-state index contributed by atoms with van der Waals surface area (Å²) in [7, 11) is 0. The Labute approximate surface area is 175 Å². The molecule has 7 heteroatoms. The largest absolute Gasteiger partial charge is 0.445 e. The Hall–Kier alpha value is -3.22. The molecule has 0 aromatic heterocycles. The minimum Gasteiger partial charge on any atom is -0.445 e. The molecule has 160 valence electrons. The molecule has 0 saturated heterocycles. The summed E-state index contributed by atoms with van der Waals surface area (Å²) in [6, 6.07) is 16.2. The normalized spacial score (nSPS) is 12.7. The molecule has 0 aliphatic carbocycles. The number of alkyl halides is 1. The summed E-state index contributed by atoms with van der Waals surface area (Å²) >= 11 is 0. The van der Waals surface area contributed by atoms with Crippen LogP contribution in [0.15, 0.2) is 60.7 Å². The summed E-state index contributed by atoms with van der Waals surface area (Å²) < 4.78 is 18.2. The fraction of sp³-hybridized carbons (Fsp3) is 0.348. The van der Waals surface area contributed by atoms with E-state index in [9.17, 15) is 18.8 Å². The number of ketones is 1. The number of carbonyl (C=O) groups excluding carboxylic acids is 3. The van der Waals surface area contributed by atoms with Crippen LogP contribution in [0.3, 0.4) is 0 Å². The van der Waals surface area contributed by atoms with Gasteiger partial charge in [-0.15, -0.1) is 0 Å². The molecule has 2 aromatic carbocycles. The molecule has 2 atom stereocenters. The topological polar surface area (TPSA) is 84.5 Å². The third kappa shape index (κ3) is 7.31. The summed E-state index contributed by atoms with van der Waals surface area (Å²) in [6.07, 6.45) is -0.581. The molecule has 0 bridgehead atoms. The molecule has 0 saturated carbocycles. The first-order chi connectivity index (χ1) is 14.4. The maximum atomic E-state index is 13.0. The Morgan fingerprint density at radius 3 is 2.00 bits per heavy atom. The van der Waals surface area contributed by atoms with Crippen LogP contribution < -0.4 is 10.6 Å². The lowest BCUT2D eigenvalue weighted by Gasteiger charge is -2.24. The maximum absolute atomic E-state index is 13.0. The van der Waals surface area contributed by atoms with Crippen molar-refractivity contribution in [1.29, 1.82) is 0 Å². The van der Waals surface area contributed by atoms with Gasteiger partial charge in [0.15, 0.2) is 5.78 Å². The number of carbonyl (C=O) groups is 3. The molecule has 1 unspecified atom stereocenters. The fourth-order valence-corrected chi connectivity index (χ4v) is 2.88. The zero-order valence-corrected chi connectivity index (χ0v) is 17.1. The van der Waals surface area contributed by atoms with Crippen LogP contribution in [0.1, 0.15) is 25.0 Å². The lowest BCUT2D eigenvalue weighted by Crippen LogP contribution is -2.54. The van der Waals surface area contributed by atoms with Gasteiger partial charge in [-0.1, -0.05) is 74.5 Å². The van der Waals surface area contributed by atoms with Crippen LogP contribution in [-0.4, -0.2) is 36.5 Å². The van der Waals surface area contributed by atoms with E-state index in [1.807, 2.05) is 36.4 Å². The first kappa shape index (κ1) is 23.1. The average Bonchev–Trinajstić information content (AvgIpc) is 2.76. The van der Waals surface area contributed by atoms with Gasteiger partial charge in [-0.3, -0.25) is 9.59 Å². The number of alkyl carbamates (subject to hydrolysis) is 1. The molecule has 2 N–H and O–H groups in total. The van der Waals surface area contributed by atoms with E-state index >= 15 is 0 Å². The van der Waals surface area contributed by atoms with Gasteiger partial charge in [0.05, 0.1) is 6.04 Å². The lowest BCUT2D eigenvalue weighted by molar-refractivity contribution is -0.129. The van der Waals surface area contributed by atoms with E-state index < -0.39 is 36.5 Å². The van der Waals surface area contributed by atoms with E-state index in [2.05, 4.69) is 10.6 Å². The highest BCUT2D eigenvalue weighted by Crippen LogP contribution is 2.08. The standard InChI is InChI=1S/C23H27FN2O4/c1-16(2)21(26-23(29)30-15-18-11-7-4-8-12-18)22(28)25-19(20(27)14-24)13-17-9-5-3-6-10-17/h3-12,16,19,21H,13-15H2,1-2H3,(H,25,28)(H,26,29)/t19?,21-/m0/s1. The van der Waals surface area contributed by atoms with Crippen molar-refractivity contribution < 1.29 is 23.5 Å². The van der Waals surface area contributed by atoms with Gasteiger partial charge < -0.3 is 15.4 Å². The van der Waals surface area contributed by atoms with E-state index in [0.717, 1.165) is 11.1 Å². The monoisotopic (exact) mass is 414 g/mol. The van der Waals surface area contributed by atoms with Crippen LogP contribution in [0.25, 0.3) is 0 Å². The molecule has 0 aliphatic heterocycles. The number of rotatable bonds is 10. The lowest BCUT2D eigenvalue weighted by atomic mass is 10.00. The van der Waals surface area contributed by atoms with Crippen molar-refractivity contribution in [3.8, 4) is 0 Å². The smallest absolute Gasteiger partial charge is 0.408 e. The van der Waals surface area contributed by atoms with Crippen LogP contribution in [0.5, 0.6) is 0 Å². The highest BCUT2D eigenvalue weighted by molar-refractivity contribution is 5.92. The van der Waals surface area contributed by atoms with E-state index in [1.54, 1.807) is 38.1 Å². The fourth-order valence-electron chi connectivity index (χ4n) is 2.88. The first-order valence-electron chi connectivity index (χ1n) is 9.81. The van der Waals surface area contributed by atoms with Crippen molar-refractivity contribution in [3.05, 3.63) is 71.8 Å². The molecule has 6 nitrogen and oxygen atoms in total. The van der Waals surface area contributed by atoms with Crippen molar-refractivity contribution in [2.24, 2.45) is 5.92 Å². The predicted molar refractivity (Wildman–Crippen MR) is 111 cm³/mol. The number of benzene rings is 2. The van der Waals surface area contributed by atoms with Crippen molar-refractivity contribution >= 4 is 17.8 Å². The number of amides is 2. The molecule has 30 heavy (non-hydrogen) atoms. The molecule has 2 aromatic rings. The maximum Gasteiger partial charge on any atom is 0.408 e. The predicted octanol–water partition coefficient (Wildman–Crippen LogP) is 3.20. The summed E-state index contributed by atoms with van der Waals surface area (Å²) in [5.74, 6) is -1.56. The summed E-state index contributed by atoms with van der Waals surface area (Å²) in [5, 5.41) is 5.11. The van der Waals surface area contributed by atoms with E-state index in [4.69, 9.17) is 4.74 Å². The molecule has 2 rings (SSSR count). The van der Waals surface area contributed by atoms with Gasteiger partial charge in [0.2, 0.25) is 5.91 Å². The molecule has 0 heterocycles. The number of hydrogen-bond donors (Lipinski definition) is 2. The second-order valence-corrected chi connectivity index (χ2v) is 7.28. The van der Waals surface area contributed by atoms with E-state index in [0.29, 0.717) is 0 Å². The molecular formula is C23H27FN2O4. The van der Waals surface area contributed by atoms with Crippen molar-refractivity contribution in [3.63, 3.8) is 0 Å². The van der Waals surface area contributed by atoms with Crippen LogP contribution in [0.2, 0.25) is 0 Å². The number of ether oxygens (including phenoxy) is 1. The zero-order valence-electron chi connectivity index (χ0n) is 17.1. The minimum atomic E-state index is -1.18. The summed E-state index contributed by atoms with van der Waals surface area (Å²) in [6.45, 7) is 2.39. The Kier molecular flexibility index (Phi) is 9.00. The van der Waals surface area contributed by atoms with Crippen molar-refractivity contribution in [2.45, 2.75) is 39.0 Å². The van der Waals surface area contributed by atoms with Crippen molar-refractivity contribution in [2.75, 3.05) is 6.67 Å². The summed E-state index contributed by atoms with van der Waals surface area (Å²) in [5.41, 5.74) is 1.61. The second kappa shape index (κ2) is 11.7. The van der Waals surface area contributed by atoms with Gasteiger partial charge in [-0.25, -0.2) is 9.18 Å². The Morgan fingerprint density at radius 2 is 1.47 bits per heavy atom. The summed E-state index contributed by atoms with van der Waals surface area (Å²) in [4.78, 5) is 36.9. The first-order valence-corrected chi connectivity index (χ1v) is 9.81. The minimum absolute atomic E-state index is 0.0656. The number of halogens is 1. The molecule has 0 aliphatic rings.